The molecule has 0 saturated heterocycles. The van der Waals surface area contributed by atoms with Gasteiger partial charge in [-0.1, -0.05) is 41.0 Å². The van der Waals surface area contributed by atoms with Gasteiger partial charge in [0.2, 0.25) is 0 Å². The van der Waals surface area contributed by atoms with Crippen molar-refractivity contribution in [1.82, 2.24) is 0 Å². The summed E-state index contributed by atoms with van der Waals surface area (Å²) in [5, 5.41) is 1.38. The molecule has 0 fully saturated rings. The normalized spacial score (nSPS) is 12.4. The first-order valence-electron chi connectivity index (χ1n) is 6.12. The van der Waals surface area contributed by atoms with Crippen molar-refractivity contribution in [2.24, 2.45) is 5.73 Å². The molecule has 2 aromatic rings. The van der Waals surface area contributed by atoms with E-state index in [1.165, 1.54) is 5.56 Å². The molecule has 0 radical (unpaired) electrons. The first-order chi connectivity index (χ1) is 9.45. The first kappa shape index (κ1) is 16.2. The molecule has 20 heavy (non-hydrogen) atoms. The second-order valence-corrected chi connectivity index (χ2v) is 7.40. The quantitative estimate of drug-likeness (QED) is 0.713. The number of hydrogen-bond donors (Lipinski definition) is 1. The molecule has 106 valence electrons. The van der Waals surface area contributed by atoms with Crippen LogP contribution in [0.15, 0.2) is 50.7 Å². The van der Waals surface area contributed by atoms with E-state index < -0.39 is 0 Å². The molecule has 2 rings (SSSR count). The third-order valence-electron chi connectivity index (χ3n) is 2.67. The number of benzene rings is 2. The first-order valence-corrected chi connectivity index (χ1v) is 8.49. The molecule has 1 atom stereocenters. The van der Waals surface area contributed by atoms with Crippen LogP contribution in [-0.2, 0) is 6.42 Å². The van der Waals surface area contributed by atoms with Crippen LogP contribution in [-0.4, -0.2) is 6.04 Å². The maximum absolute atomic E-state index is 6.19. The molecule has 0 saturated carbocycles. The van der Waals surface area contributed by atoms with Crippen molar-refractivity contribution >= 4 is 50.9 Å². The van der Waals surface area contributed by atoms with E-state index in [4.69, 9.17) is 28.9 Å². The zero-order valence-electron chi connectivity index (χ0n) is 10.9. The van der Waals surface area contributed by atoms with Gasteiger partial charge in [0.25, 0.3) is 0 Å². The van der Waals surface area contributed by atoms with Gasteiger partial charge in [0, 0.05) is 25.3 Å². The second-order valence-electron chi connectivity index (χ2n) is 4.62. The average molecular weight is 391 g/mol. The van der Waals surface area contributed by atoms with Gasteiger partial charge in [-0.25, -0.2) is 0 Å². The maximum atomic E-state index is 6.19. The van der Waals surface area contributed by atoms with Crippen LogP contribution in [0, 0.1) is 0 Å². The van der Waals surface area contributed by atoms with E-state index in [1.807, 2.05) is 19.1 Å². The lowest BCUT2D eigenvalue weighted by atomic mass is 10.1. The molecule has 0 aliphatic heterocycles. The Bertz CT molecular complexity index is 617. The van der Waals surface area contributed by atoms with E-state index in [0.29, 0.717) is 10.0 Å². The zero-order valence-corrected chi connectivity index (χ0v) is 14.8. The van der Waals surface area contributed by atoms with Gasteiger partial charge >= 0.3 is 0 Å². The molecule has 2 aromatic carbocycles. The van der Waals surface area contributed by atoms with Gasteiger partial charge in [-0.3, -0.25) is 0 Å². The minimum Gasteiger partial charge on any atom is -0.328 e. The maximum Gasteiger partial charge on any atom is 0.0546 e. The van der Waals surface area contributed by atoms with Crippen molar-refractivity contribution in [3.63, 3.8) is 0 Å². The van der Waals surface area contributed by atoms with Gasteiger partial charge in [0.05, 0.1) is 5.02 Å². The Hall–Kier alpha value is -0.190. The van der Waals surface area contributed by atoms with Crippen molar-refractivity contribution in [3.05, 3.63) is 56.5 Å². The molecule has 0 aromatic heterocycles. The van der Waals surface area contributed by atoms with Crippen LogP contribution in [0.25, 0.3) is 0 Å². The fourth-order valence-corrected chi connectivity index (χ4v) is 3.82. The lowest BCUT2D eigenvalue weighted by molar-refractivity contribution is 0.737. The molecule has 0 bridgehead atoms. The summed E-state index contributed by atoms with van der Waals surface area (Å²) in [6, 6.07) is 11.9. The molecule has 2 N–H and O–H groups in total. The van der Waals surface area contributed by atoms with E-state index in [9.17, 15) is 0 Å². The summed E-state index contributed by atoms with van der Waals surface area (Å²) in [6.07, 6.45) is 0.863. The molecule has 5 heteroatoms. The summed E-state index contributed by atoms with van der Waals surface area (Å²) in [6.45, 7) is 2.00. The van der Waals surface area contributed by atoms with Crippen LogP contribution >= 0.6 is 50.9 Å². The zero-order chi connectivity index (χ0) is 14.7. The standard InChI is InChI=1S/C15H14BrCl2NS/c1-9(19)6-10-2-5-14(12(16)7-10)20-15-8-11(17)3-4-13(15)18/h2-5,7-9H,6,19H2,1H3. The summed E-state index contributed by atoms with van der Waals surface area (Å²) in [7, 11) is 0. The predicted octanol–water partition coefficient (Wildman–Crippen LogP) is 5.80. The Kier molecular flexibility index (Phi) is 5.82. The third kappa shape index (κ3) is 4.40. The van der Waals surface area contributed by atoms with Gasteiger partial charge < -0.3 is 5.73 Å². The summed E-state index contributed by atoms with van der Waals surface area (Å²) < 4.78 is 1.04. The smallest absolute Gasteiger partial charge is 0.0546 e. The Morgan fingerprint density at radius 1 is 1.15 bits per heavy atom. The average Bonchev–Trinajstić information content (AvgIpc) is 2.36. The van der Waals surface area contributed by atoms with Gasteiger partial charge in [0.1, 0.15) is 0 Å². The van der Waals surface area contributed by atoms with E-state index in [1.54, 1.807) is 17.8 Å². The molecule has 0 heterocycles. The highest BCUT2D eigenvalue weighted by molar-refractivity contribution is 9.10. The topological polar surface area (TPSA) is 26.0 Å². The van der Waals surface area contributed by atoms with Crippen molar-refractivity contribution in [2.45, 2.75) is 29.2 Å². The van der Waals surface area contributed by atoms with Crippen LogP contribution in [0.4, 0.5) is 0 Å². The highest BCUT2D eigenvalue weighted by Crippen LogP contribution is 2.38. The minimum absolute atomic E-state index is 0.155. The Labute approximate surface area is 142 Å². The van der Waals surface area contributed by atoms with Crippen LogP contribution in [0.5, 0.6) is 0 Å². The number of rotatable bonds is 4. The fraction of sp³-hybridized carbons (Fsp3) is 0.200. The molecular formula is C15H14BrCl2NS. The third-order valence-corrected chi connectivity index (χ3v) is 5.40. The van der Waals surface area contributed by atoms with Crippen LogP contribution in [0.3, 0.4) is 0 Å². The molecule has 0 spiro atoms. The highest BCUT2D eigenvalue weighted by atomic mass is 79.9. The van der Waals surface area contributed by atoms with Crippen molar-refractivity contribution in [3.8, 4) is 0 Å². The molecule has 0 aliphatic carbocycles. The summed E-state index contributed by atoms with van der Waals surface area (Å²) in [4.78, 5) is 2.04. The van der Waals surface area contributed by atoms with Crippen molar-refractivity contribution < 1.29 is 0 Å². The van der Waals surface area contributed by atoms with Crippen LogP contribution < -0.4 is 5.73 Å². The van der Waals surface area contributed by atoms with E-state index in [-0.39, 0.29) is 6.04 Å². The largest absolute Gasteiger partial charge is 0.328 e. The van der Waals surface area contributed by atoms with Crippen LogP contribution in [0.1, 0.15) is 12.5 Å². The lowest BCUT2D eigenvalue weighted by Crippen LogP contribution is -2.17. The minimum atomic E-state index is 0.155. The Morgan fingerprint density at radius 2 is 1.90 bits per heavy atom. The summed E-state index contributed by atoms with van der Waals surface area (Å²) in [5.74, 6) is 0. The summed E-state index contributed by atoms with van der Waals surface area (Å²) >= 11 is 17.4. The monoisotopic (exact) mass is 389 g/mol. The van der Waals surface area contributed by atoms with E-state index >= 15 is 0 Å². The van der Waals surface area contributed by atoms with Crippen molar-refractivity contribution in [1.29, 1.82) is 0 Å². The molecular weight excluding hydrogens is 377 g/mol. The second kappa shape index (κ2) is 7.19. The fourth-order valence-electron chi connectivity index (χ4n) is 1.80. The van der Waals surface area contributed by atoms with Crippen LogP contribution in [0.2, 0.25) is 10.0 Å². The number of hydrogen-bond acceptors (Lipinski definition) is 2. The highest BCUT2D eigenvalue weighted by Gasteiger charge is 2.08. The molecule has 0 aliphatic rings. The number of nitrogens with two attached hydrogens (primary N) is 1. The van der Waals surface area contributed by atoms with Gasteiger partial charge in [-0.2, -0.15) is 0 Å². The Morgan fingerprint density at radius 3 is 2.55 bits per heavy atom. The van der Waals surface area contributed by atoms with Gasteiger partial charge in [-0.15, -0.1) is 0 Å². The van der Waals surface area contributed by atoms with Gasteiger partial charge in [0.15, 0.2) is 0 Å². The SMILES string of the molecule is CC(N)Cc1ccc(Sc2cc(Cl)ccc2Cl)c(Br)c1. The van der Waals surface area contributed by atoms with Gasteiger partial charge in [-0.05, 0) is 65.2 Å². The summed E-state index contributed by atoms with van der Waals surface area (Å²) in [5.41, 5.74) is 7.04. The lowest BCUT2D eigenvalue weighted by Gasteiger charge is -2.10. The predicted molar refractivity (Wildman–Crippen MR) is 92.1 cm³/mol. The van der Waals surface area contributed by atoms with Crippen molar-refractivity contribution in [2.75, 3.05) is 0 Å². The molecule has 1 nitrogen and oxygen atoms in total. The number of halogens is 3. The molecule has 1 unspecified atom stereocenters. The van der Waals surface area contributed by atoms with E-state index in [2.05, 4.69) is 34.1 Å². The van der Waals surface area contributed by atoms with E-state index in [0.717, 1.165) is 20.7 Å². The molecule has 0 amide bonds. The Balaban J connectivity index is 2.23.